The zero-order valence-corrected chi connectivity index (χ0v) is 16.8. The summed E-state index contributed by atoms with van der Waals surface area (Å²) in [5.41, 5.74) is 0.843. The molecule has 0 unspecified atom stereocenters. The van der Waals surface area contributed by atoms with E-state index in [-0.39, 0.29) is 22.2 Å². The van der Waals surface area contributed by atoms with E-state index >= 15 is 0 Å². The van der Waals surface area contributed by atoms with E-state index in [2.05, 4.69) is 4.99 Å². The fourth-order valence-electron chi connectivity index (χ4n) is 2.53. The van der Waals surface area contributed by atoms with Gasteiger partial charge in [-0.1, -0.05) is 29.3 Å². The summed E-state index contributed by atoms with van der Waals surface area (Å²) in [6.07, 6.45) is 1.50. The predicted molar refractivity (Wildman–Crippen MR) is 112 cm³/mol. The number of nitrogens with zero attached hydrogens (tertiary/aromatic N) is 2. The zero-order chi connectivity index (χ0) is 20.4. The van der Waals surface area contributed by atoms with Gasteiger partial charge in [0.05, 0.1) is 21.2 Å². The number of hydrogen-bond donors (Lipinski definition) is 2. The minimum atomic E-state index is -1.06. The quantitative estimate of drug-likeness (QED) is 0.656. The van der Waals surface area contributed by atoms with Crippen molar-refractivity contribution in [2.24, 2.45) is 4.99 Å². The van der Waals surface area contributed by atoms with Crippen LogP contribution in [0.15, 0.2) is 46.3 Å². The first-order chi connectivity index (χ1) is 13.3. The largest absolute Gasteiger partial charge is 0.506 e. The van der Waals surface area contributed by atoms with Gasteiger partial charge in [0.2, 0.25) is 0 Å². The summed E-state index contributed by atoms with van der Waals surface area (Å²) in [4.78, 5) is 30.1. The minimum absolute atomic E-state index is 0.0847. The summed E-state index contributed by atoms with van der Waals surface area (Å²) in [7, 11) is 0. The molecule has 0 bridgehead atoms. The van der Waals surface area contributed by atoms with Crippen LogP contribution in [-0.4, -0.2) is 38.7 Å². The minimum Gasteiger partial charge on any atom is -0.506 e. The molecule has 1 aliphatic rings. The van der Waals surface area contributed by atoms with Crippen molar-refractivity contribution in [3.8, 4) is 5.75 Å². The number of carboxylic acids is 1. The van der Waals surface area contributed by atoms with Crippen LogP contribution in [0.1, 0.15) is 22.8 Å². The average Bonchev–Trinajstić information content (AvgIpc) is 2.93. The van der Waals surface area contributed by atoms with E-state index in [1.54, 1.807) is 19.1 Å². The van der Waals surface area contributed by atoms with Crippen molar-refractivity contribution in [3.63, 3.8) is 0 Å². The fourth-order valence-corrected chi connectivity index (χ4v) is 4.09. The Morgan fingerprint density at radius 3 is 2.71 bits per heavy atom. The fraction of sp³-hybridized carbons (Fsp3) is 0.105. The number of aromatic carboxylic acids is 1. The van der Waals surface area contributed by atoms with Crippen LogP contribution in [0.2, 0.25) is 10.0 Å². The lowest BCUT2D eigenvalue weighted by molar-refractivity contribution is -0.122. The van der Waals surface area contributed by atoms with Crippen LogP contribution in [0.4, 0.5) is 5.69 Å². The number of aliphatic imine (C=N–C) groups is 1. The number of likely N-dealkylation sites (N-methyl/N-ethyl adjacent to an activating group) is 1. The summed E-state index contributed by atoms with van der Waals surface area (Å²) in [5, 5.41) is 20.1. The Kier molecular flexibility index (Phi) is 5.98. The Labute approximate surface area is 175 Å². The van der Waals surface area contributed by atoms with Crippen molar-refractivity contribution in [2.45, 2.75) is 6.92 Å². The number of carboxylic acid groups (broad SMARTS) is 1. The van der Waals surface area contributed by atoms with Gasteiger partial charge in [0.1, 0.15) is 5.75 Å². The van der Waals surface area contributed by atoms with Gasteiger partial charge in [0, 0.05) is 17.1 Å². The molecule has 9 heteroatoms. The number of halogens is 2. The highest BCUT2D eigenvalue weighted by molar-refractivity contribution is 8.18. The maximum absolute atomic E-state index is 12.7. The van der Waals surface area contributed by atoms with Crippen molar-refractivity contribution in [1.29, 1.82) is 0 Å². The number of amidine groups is 1. The van der Waals surface area contributed by atoms with E-state index in [9.17, 15) is 14.7 Å². The first-order valence-electron chi connectivity index (χ1n) is 8.11. The van der Waals surface area contributed by atoms with E-state index in [0.29, 0.717) is 32.9 Å². The topological polar surface area (TPSA) is 90.2 Å². The molecule has 0 radical (unpaired) electrons. The van der Waals surface area contributed by atoms with Crippen LogP contribution in [0.5, 0.6) is 5.75 Å². The van der Waals surface area contributed by atoms with Crippen molar-refractivity contribution < 1.29 is 19.8 Å². The Bertz CT molecular complexity index is 1040. The van der Waals surface area contributed by atoms with Gasteiger partial charge in [0.15, 0.2) is 5.17 Å². The van der Waals surface area contributed by atoms with Gasteiger partial charge >= 0.3 is 5.97 Å². The summed E-state index contributed by atoms with van der Waals surface area (Å²) >= 11 is 13.0. The van der Waals surface area contributed by atoms with Crippen LogP contribution < -0.4 is 0 Å². The third-order valence-electron chi connectivity index (χ3n) is 3.87. The average molecular weight is 437 g/mol. The number of hydrogen-bond acceptors (Lipinski definition) is 5. The van der Waals surface area contributed by atoms with Crippen molar-refractivity contribution in [1.82, 2.24) is 4.90 Å². The van der Waals surface area contributed by atoms with Crippen LogP contribution in [-0.2, 0) is 4.79 Å². The van der Waals surface area contributed by atoms with E-state index in [0.717, 1.165) is 11.8 Å². The second-order valence-electron chi connectivity index (χ2n) is 5.74. The molecular formula is C19H14Cl2N2O4S. The molecule has 0 atom stereocenters. The Morgan fingerprint density at radius 2 is 2.04 bits per heavy atom. The molecule has 2 aromatic rings. The number of phenolic OH excluding ortho intramolecular Hbond substituents is 1. The second kappa shape index (κ2) is 8.26. The standard InChI is InChI=1S/C19H14Cl2N2O4S/c1-2-23-17(25)15(8-11-6-12(20)9-14(21)16(11)24)28-19(23)22-13-5-3-4-10(7-13)18(26)27/h3-9,24H,2H2,1H3,(H,26,27). The maximum atomic E-state index is 12.7. The molecule has 28 heavy (non-hydrogen) atoms. The number of thioether (sulfide) groups is 1. The van der Waals surface area contributed by atoms with Gasteiger partial charge in [0.25, 0.3) is 5.91 Å². The van der Waals surface area contributed by atoms with Crippen LogP contribution in [0.3, 0.4) is 0 Å². The Morgan fingerprint density at radius 1 is 1.29 bits per heavy atom. The highest BCUT2D eigenvalue weighted by Gasteiger charge is 2.32. The molecule has 0 saturated carbocycles. The number of carbonyl (C=O) groups excluding carboxylic acids is 1. The molecule has 0 aromatic heterocycles. The number of rotatable bonds is 4. The van der Waals surface area contributed by atoms with E-state index in [1.807, 2.05) is 0 Å². The van der Waals surface area contributed by atoms with Crippen molar-refractivity contribution >= 4 is 63.8 Å². The lowest BCUT2D eigenvalue weighted by Gasteiger charge is -2.12. The molecule has 1 saturated heterocycles. The number of benzene rings is 2. The summed E-state index contributed by atoms with van der Waals surface area (Å²) in [5.74, 6) is -1.51. The molecule has 1 fully saturated rings. The summed E-state index contributed by atoms with van der Waals surface area (Å²) in [6.45, 7) is 2.18. The van der Waals surface area contributed by atoms with E-state index < -0.39 is 5.97 Å². The number of aromatic hydroxyl groups is 1. The lowest BCUT2D eigenvalue weighted by atomic mass is 10.2. The third-order valence-corrected chi connectivity index (χ3v) is 5.38. The molecule has 6 nitrogen and oxygen atoms in total. The first-order valence-corrected chi connectivity index (χ1v) is 9.69. The van der Waals surface area contributed by atoms with Gasteiger partial charge in [-0.05, 0) is 55.1 Å². The summed E-state index contributed by atoms with van der Waals surface area (Å²) in [6, 6.07) is 9.05. The predicted octanol–water partition coefficient (Wildman–Crippen LogP) is 5.02. The van der Waals surface area contributed by atoms with Crippen LogP contribution >= 0.6 is 35.0 Å². The van der Waals surface area contributed by atoms with Crippen LogP contribution in [0.25, 0.3) is 6.08 Å². The van der Waals surface area contributed by atoms with Gasteiger partial charge in [-0.3, -0.25) is 9.69 Å². The molecule has 3 rings (SSSR count). The molecule has 2 aromatic carbocycles. The second-order valence-corrected chi connectivity index (χ2v) is 7.59. The molecule has 144 valence electrons. The van der Waals surface area contributed by atoms with Gasteiger partial charge < -0.3 is 10.2 Å². The van der Waals surface area contributed by atoms with E-state index in [1.165, 1.54) is 35.2 Å². The number of carbonyl (C=O) groups is 2. The molecule has 1 aliphatic heterocycles. The smallest absolute Gasteiger partial charge is 0.335 e. The molecular weight excluding hydrogens is 423 g/mol. The molecule has 0 spiro atoms. The molecule has 1 heterocycles. The summed E-state index contributed by atoms with van der Waals surface area (Å²) < 4.78 is 0. The Hall–Kier alpha value is -2.48. The van der Waals surface area contributed by atoms with Gasteiger partial charge in [-0.2, -0.15) is 0 Å². The van der Waals surface area contributed by atoms with Crippen molar-refractivity contribution in [3.05, 3.63) is 62.5 Å². The van der Waals surface area contributed by atoms with Gasteiger partial charge in [-0.15, -0.1) is 0 Å². The normalized spacial score (nSPS) is 17.0. The molecule has 1 amide bonds. The number of phenols is 1. The molecule has 0 aliphatic carbocycles. The Balaban J connectivity index is 1.99. The van der Waals surface area contributed by atoms with Crippen molar-refractivity contribution in [2.75, 3.05) is 6.54 Å². The highest BCUT2D eigenvalue weighted by Crippen LogP contribution is 2.38. The first kappa shape index (κ1) is 20.3. The maximum Gasteiger partial charge on any atom is 0.335 e. The highest BCUT2D eigenvalue weighted by atomic mass is 35.5. The zero-order valence-electron chi connectivity index (χ0n) is 14.5. The van der Waals surface area contributed by atoms with Crippen LogP contribution in [0, 0.1) is 0 Å². The molecule has 2 N–H and O–H groups in total. The monoisotopic (exact) mass is 436 g/mol. The number of amides is 1. The lowest BCUT2D eigenvalue weighted by Crippen LogP contribution is -2.28. The third kappa shape index (κ3) is 4.16. The van der Waals surface area contributed by atoms with E-state index in [4.69, 9.17) is 28.3 Å². The van der Waals surface area contributed by atoms with Gasteiger partial charge in [-0.25, -0.2) is 9.79 Å². The SMILES string of the molecule is CCN1C(=O)C(=Cc2cc(Cl)cc(Cl)c2O)SC1=Nc1cccc(C(=O)O)c1.